The Morgan fingerprint density at radius 2 is 1.88 bits per heavy atom. The first-order valence-electron chi connectivity index (χ1n) is 7.25. The summed E-state index contributed by atoms with van der Waals surface area (Å²) in [6.07, 6.45) is 3.71. The fourth-order valence-corrected chi connectivity index (χ4v) is 2.93. The van der Waals surface area contributed by atoms with Gasteiger partial charge in [-0.1, -0.05) is 27.2 Å². The summed E-state index contributed by atoms with van der Waals surface area (Å²) in [4.78, 5) is 2.62. The lowest BCUT2D eigenvalue weighted by Gasteiger charge is -2.48. The Labute approximate surface area is 107 Å². The van der Waals surface area contributed by atoms with Crippen molar-refractivity contribution in [1.82, 2.24) is 10.2 Å². The first-order valence-corrected chi connectivity index (χ1v) is 7.25. The standard InChI is InChI=1S/C14H30N2O/c1-5-8-13(15-7-3)14(4,6-2)16-9-11-17-12-10-16/h13,15H,5-12H2,1-4H3. The maximum Gasteiger partial charge on any atom is 0.0594 e. The van der Waals surface area contributed by atoms with Crippen LogP contribution in [-0.4, -0.2) is 49.3 Å². The van der Waals surface area contributed by atoms with E-state index in [0.717, 1.165) is 32.8 Å². The van der Waals surface area contributed by atoms with Gasteiger partial charge in [0, 0.05) is 24.7 Å². The largest absolute Gasteiger partial charge is 0.379 e. The number of nitrogens with zero attached hydrogens (tertiary/aromatic N) is 1. The maximum absolute atomic E-state index is 5.48. The second kappa shape index (κ2) is 7.34. The highest BCUT2D eigenvalue weighted by Gasteiger charge is 2.37. The van der Waals surface area contributed by atoms with E-state index < -0.39 is 0 Å². The highest BCUT2D eigenvalue weighted by Crippen LogP contribution is 2.27. The zero-order chi connectivity index (χ0) is 12.7. The van der Waals surface area contributed by atoms with Gasteiger partial charge in [0.1, 0.15) is 0 Å². The molecule has 0 aromatic heterocycles. The zero-order valence-corrected chi connectivity index (χ0v) is 12.1. The lowest BCUT2D eigenvalue weighted by atomic mass is 9.84. The van der Waals surface area contributed by atoms with Gasteiger partial charge in [0.25, 0.3) is 0 Å². The summed E-state index contributed by atoms with van der Waals surface area (Å²) in [5, 5.41) is 3.69. The lowest BCUT2D eigenvalue weighted by molar-refractivity contribution is -0.0332. The van der Waals surface area contributed by atoms with Gasteiger partial charge in [-0.2, -0.15) is 0 Å². The van der Waals surface area contributed by atoms with Gasteiger partial charge in [0.15, 0.2) is 0 Å². The van der Waals surface area contributed by atoms with Gasteiger partial charge in [-0.05, 0) is 26.3 Å². The third-order valence-corrected chi connectivity index (χ3v) is 4.23. The number of nitrogens with one attached hydrogen (secondary N) is 1. The van der Waals surface area contributed by atoms with Crippen molar-refractivity contribution in [2.24, 2.45) is 0 Å². The van der Waals surface area contributed by atoms with E-state index in [9.17, 15) is 0 Å². The van der Waals surface area contributed by atoms with E-state index in [4.69, 9.17) is 4.74 Å². The number of morpholine rings is 1. The Hall–Kier alpha value is -0.120. The van der Waals surface area contributed by atoms with E-state index in [2.05, 4.69) is 37.9 Å². The minimum Gasteiger partial charge on any atom is -0.379 e. The van der Waals surface area contributed by atoms with Crippen LogP contribution in [-0.2, 0) is 4.74 Å². The van der Waals surface area contributed by atoms with Crippen LogP contribution < -0.4 is 5.32 Å². The van der Waals surface area contributed by atoms with Crippen LogP contribution in [0.15, 0.2) is 0 Å². The van der Waals surface area contributed by atoms with Gasteiger partial charge in [0.2, 0.25) is 0 Å². The van der Waals surface area contributed by atoms with Crippen molar-refractivity contribution in [2.75, 3.05) is 32.8 Å². The van der Waals surface area contributed by atoms with E-state index in [1.807, 2.05) is 0 Å². The number of hydrogen-bond acceptors (Lipinski definition) is 3. The Bertz CT molecular complexity index is 198. The van der Waals surface area contributed by atoms with Gasteiger partial charge >= 0.3 is 0 Å². The Balaban J connectivity index is 2.73. The summed E-state index contributed by atoms with van der Waals surface area (Å²) in [6, 6.07) is 0.598. The Morgan fingerprint density at radius 3 is 2.35 bits per heavy atom. The normalized spacial score (nSPS) is 23.3. The lowest BCUT2D eigenvalue weighted by Crippen LogP contribution is -2.61. The quantitative estimate of drug-likeness (QED) is 0.741. The van der Waals surface area contributed by atoms with Gasteiger partial charge < -0.3 is 10.1 Å². The Morgan fingerprint density at radius 1 is 1.24 bits per heavy atom. The molecule has 0 aromatic rings. The predicted octanol–water partition coefficient (Wildman–Crippen LogP) is 2.27. The van der Waals surface area contributed by atoms with Crippen LogP contribution in [0.3, 0.4) is 0 Å². The van der Waals surface area contributed by atoms with Crippen molar-refractivity contribution in [3.63, 3.8) is 0 Å². The van der Waals surface area contributed by atoms with Crippen molar-refractivity contribution < 1.29 is 4.74 Å². The zero-order valence-electron chi connectivity index (χ0n) is 12.1. The molecule has 1 aliphatic heterocycles. The summed E-state index contributed by atoms with van der Waals surface area (Å²) in [5.41, 5.74) is 0.274. The molecule has 2 unspecified atom stereocenters. The molecule has 17 heavy (non-hydrogen) atoms. The van der Waals surface area contributed by atoms with E-state index in [0.29, 0.717) is 6.04 Å². The van der Waals surface area contributed by atoms with Crippen molar-refractivity contribution in [1.29, 1.82) is 0 Å². The van der Waals surface area contributed by atoms with Crippen molar-refractivity contribution in [3.05, 3.63) is 0 Å². The maximum atomic E-state index is 5.48. The summed E-state index contributed by atoms with van der Waals surface area (Å²) in [5.74, 6) is 0. The summed E-state index contributed by atoms with van der Waals surface area (Å²) >= 11 is 0. The van der Waals surface area contributed by atoms with Crippen molar-refractivity contribution >= 4 is 0 Å². The molecule has 0 aliphatic carbocycles. The van der Waals surface area contributed by atoms with Gasteiger partial charge in [-0.15, -0.1) is 0 Å². The molecular weight excluding hydrogens is 212 g/mol. The second-order valence-electron chi connectivity index (χ2n) is 5.21. The van der Waals surface area contributed by atoms with Crippen molar-refractivity contribution in [2.45, 2.75) is 58.5 Å². The summed E-state index contributed by atoms with van der Waals surface area (Å²) in [7, 11) is 0. The number of likely N-dealkylation sites (N-methyl/N-ethyl adjacent to an activating group) is 1. The highest BCUT2D eigenvalue weighted by molar-refractivity contribution is 4.96. The third kappa shape index (κ3) is 3.67. The van der Waals surface area contributed by atoms with E-state index >= 15 is 0 Å². The van der Waals surface area contributed by atoms with Crippen LogP contribution in [0.1, 0.15) is 47.0 Å². The number of hydrogen-bond donors (Lipinski definition) is 1. The minimum absolute atomic E-state index is 0.274. The molecule has 1 saturated heterocycles. The van der Waals surface area contributed by atoms with Crippen molar-refractivity contribution in [3.8, 4) is 0 Å². The average molecular weight is 242 g/mol. The molecular formula is C14H30N2O. The first-order chi connectivity index (χ1) is 8.19. The molecule has 1 fully saturated rings. The topological polar surface area (TPSA) is 24.5 Å². The van der Waals surface area contributed by atoms with E-state index in [-0.39, 0.29) is 5.54 Å². The average Bonchev–Trinajstić information content (AvgIpc) is 2.38. The molecule has 0 saturated carbocycles. The molecule has 1 N–H and O–H groups in total. The molecule has 0 aromatic carbocycles. The van der Waals surface area contributed by atoms with Crippen LogP contribution >= 0.6 is 0 Å². The summed E-state index contributed by atoms with van der Waals surface area (Å²) < 4.78 is 5.48. The van der Waals surface area contributed by atoms with Gasteiger partial charge in [-0.25, -0.2) is 0 Å². The summed E-state index contributed by atoms with van der Waals surface area (Å²) in [6.45, 7) is 14.2. The third-order valence-electron chi connectivity index (χ3n) is 4.23. The van der Waals surface area contributed by atoms with Gasteiger partial charge in [-0.3, -0.25) is 4.90 Å². The molecule has 2 atom stereocenters. The fraction of sp³-hybridized carbons (Fsp3) is 1.00. The van der Waals surface area contributed by atoms with Gasteiger partial charge in [0.05, 0.1) is 13.2 Å². The molecule has 1 aliphatic rings. The molecule has 0 spiro atoms. The molecule has 3 heteroatoms. The monoisotopic (exact) mass is 242 g/mol. The van der Waals surface area contributed by atoms with E-state index in [1.165, 1.54) is 19.3 Å². The fourth-order valence-electron chi connectivity index (χ4n) is 2.93. The van der Waals surface area contributed by atoms with Crippen LogP contribution in [0.2, 0.25) is 0 Å². The minimum atomic E-state index is 0.274. The second-order valence-corrected chi connectivity index (χ2v) is 5.21. The van der Waals surface area contributed by atoms with Crippen LogP contribution in [0.4, 0.5) is 0 Å². The molecule has 0 amide bonds. The molecule has 1 heterocycles. The molecule has 0 radical (unpaired) electrons. The van der Waals surface area contributed by atoms with Crippen LogP contribution in [0.5, 0.6) is 0 Å². The predicted molar refractivity (Wildman–Crippen MR) is 73.5 cm³/mol. The molecule has 1 rings (SSSR count). The first kappa shape index (κ1) is 14.9. The van der Waals surface area contributed by atoms with Crippen LogP contribution in [0.25, 0.3) is 0 Å². The van der Waals surface area contributed by atoms with Crippen LogP contribution in [0, 0.1) is 0 Å². The van der Waals surface area contributed by atoms with E-state index in [1.54, 1.807) is 0 Å². The number of rotatable bonds is 7. The smallest absolute Gasteiger partial charge is 0.0594 e. The highest BCUT2D eigenvalue weighted by atomic mass is 16.5. The Kier molecular flexibility index (Phi) is 6.45. The SMILES string of the molecule is CCCC(NCC)C(C)(CC)N1CCOCC1. The molecule has 3 nitrogen and oxygen atoms in total. The molecule has 0 bridgehead atoms. The molecule has 102 valence electrons. The number of ether oxygens (including phenoxy) is 1.